The van der Waals surface area contributed by atoms with E-state index >= 15 is 0 Å². The molecule has 7 aromatic carbocycles. The number of pyridine rings is 1. The largest absolute Gasteiger partial charge is 0.309 e. The van der Waals surface area contributed by atoms with Gasteiger partial charge in [0.15, 0.2) is 0 Å². The molecular weight excluding hydrogens is 647 g/mol. The molecule has 0 aliphatic rings. The summed E-state index contributed by atoms with van der Waals surface area (Å²) in [7, 11) is 0. The molecule has 0 spiro atoms. The number of benzene rings is 7. The first-order valence-electron chi connectivity index (χ1n) is 17.8. The lowest BCUT2D eigenvalue weighted by atomic mass is 10.0. The number of para-hydroxylation sites is 4. The molecule has 5 nitrogen and oxygen atoms in total. The molecule has 0 aliphatic heterocycles. The predicted molar refractivity (Wildman–Crippen MR) is 217 cm³/mol. The highest BCUT2D eigenvalue weighted by Crippen LogP contribution is 2.41. The molecule has 11 aromatic rings. The predicted octanol–water partition coefficient (Wildman–Crippen LogP) is 11.9. The van der Waals surface area contributed by atoms with E-state index in [4.69, 9.17) is 0 Å². The third-order valence-corrected chi connectivity index (χ3v) is 10.7. The first-order chi connectivity index (χ1) is 26.3. The highest BCUT2D eigenvalue weighted by molar-refractivity contribution is 6.14. The summed E-state index contributed by atoms with van der Waals surface area (Å²) in [6, 6.07) is 60.6. The van der Waals surface area contributed by atoms with Gasteiger partial charge in [-0.3, -0.25) is 4.98 Å². The van der Waals surface area contributed by atoms with E-state index in [1.54, 1.807) is 6.20 Å². The summed E-state index contributed by atoms with van der Waals surface area (Å²) in [5.41, 5.74) is 12.6. The van der Waals surface area contributed by atoms with Crippen LogP contribution in [0, 0.1) is 11.3 Å². The highest BCUT2D eigenvalue weighted by Gasteiger charge is 2.20. The maximum absolute atomic E-state index is 9.94. The molecule has 0 aliphatic carbocycles. The molecule has 5 heteroatoms. The molecule has 0 amide bonds. The topological polar surface area (TPSA) is 51.5 Å². The van der Waals surface area contributed by atoms with Crippen LogP contribution in [0.3, 0.4) is 0 Å². The molecule has 0 radical (unpaired) electrons. The molecule has 0 bridgehead atoms. The number of nitrogens with zero attached hydrogens (tertiary/aromatic N) is 5. The molecule has 0 fully saturated rings. The molecule has 0 N–H and O–H groups in total. The molecule has 53 heavy (non-hydrogen) atoms. The van der Waals surface area contributed by atoms with Crippen LogP contribution >= 0.6 is 0 Å². The van der Waals surface area contributed by atoms with Crippen molar-refractivity contribution in [2.75, 3.05) is 0 Å². The molecule has 11 rings (SSSR count). The van der Waals surface area contributed by atoms with Crippen LogP contribution in [0.5, 0.6) is 0 Å². The lowest BCUT2D eigenvalue weighted by Gasteiger charge is -2.15. The van der Waals surface area contributed by atoms with E-state index in [0.717, 1.165) is 50.0 Å². The molecular formula is C48H29N5. The van der Waals surface area contributed by atoms with E-state index in [9.17, 15) is 5.26 Å². The van der Waals surface area contributed by atoms with Crippen molar-refractivity contribution in [1.82, 2.24) is 18.7 Å². The Kier molecular flexibility index (Phi) is 6.25. The number of aromatic nitrogens is 4. The van der Waals surface area contributed by atoms with Crippen molar-refractivity contribution >= 4 is 65.4 Å². The van der Waals surface area contributed by atoms with Gasteiger partial charge in [0.2, 0.25) is 0 Å². The Morgan fingerprint density at radius 1 is 0.415 bits per heavy atom. The lowest BCUT2D eigenvalue weighted by molar-refractivity contribution is 1.16. The molecule has 246 valence electrons. The summed E-state index contributed by atoms with van der Waals surface area (Å²) in [6.45, 7) is 0. The van der Waals surface area contributed by atoms with Gasteiger partial charge in [-0.2, -0.15) is 5.26 Å². The van der Waals surface area contributed by atoms with Crippen LogP contribution in [0.4, 0.5) is 0 Å². The van der Waals surface area contributed by atoms with Crippen LogP contribution in [-0.2, 0) is 0 Å². The fourth-order valence-corrected chi connectivity index (χ4v) is 8.49. The van der Waals surface area contributed by atoms with Gasteiger partial charge in [-0.25, -0.2) is 0 Å². The van der Waals surface area contributed by atoms with Gasteiger partial charge in [0, 0.05) is 67.2 Å². The normalized spacial score (nSPS) is 11.8. The SMILES string of the molecule is N#Cc1ccc(-n2c3ccc(-n4c5ccccc5c5ccccc54)cc3c3cc(-n4c5ccccc5c5ccccc54)ccc32)c(-c2cccnc2)c1. The third kappa shape index (κ3) is 4.27. The molecule has 0 unspecified atom stereocenters. The van der Waals surface area contributed by atoms with E-state index in [0.29, 0.717) is 5.56 Å². The monoisotopic (exact) mass is 675 g/mol. The van der Waals surface area contributed by atoms with Gasteiger partial charge < -0.3 is 13.7 Å². The van der Waals surface area contributed by atoms with Crippen molar-refractivity contribution in [2.24, 2.45) is 0 Å². The Hall–Kier alpha value is -7.42. The van der Waals surface area contributed by atoms with E-state index in [1.165, 1.54) is 43.6 Å². The summed E-state index contributed by atoms with van der Waals surface area (Å²) in [5, 5.41) is 17.2. The van der Waals surface area contributed by atoms with Crippen LogP contribution in [0.25, 0.3) is 93.6 Å². The van der Waals surface area contributed by atoms with Gasteiger partial charge in [-0.05, 0) is 84.9 Å². The van der Waals surface area contributed by atoms with Crippen LogP contribution in [-0.4, -0.2) is 18.7 Å². The van der Waals surface area contributed by atoms with Crippen LogP contribution in [0.15, 0.2) is 176 Å². The van der Waals surface area contributed by atoms with Gasteiger partial charge in [0.25, 0.3) is 0 Å². The third-order valence-electron chi connectivity index (χ3n) is 10.7. The summed E-state index contributed by atoms with van der Waals surface area (Å²) < 4.78 is 7.11. The van der Waals surface area contributed by atoms with Gasteiger partial charge in [-0.15, -0.1) is 0 Å². The van der Waals surface area contributed by atoms with Crippen molar-refractivity contribution in [3.63, 3.8) is 0 Å². The van der Waals surface area contributed by atoms with Crippen LogP contribution in [0.2, 0.25) is 0 Å². The van der Waals surface area contributed by atoms with Crippen LogP contribution in [0.1, 0.15) is 5.56 Å². The van der Waals surface area contributed by atoms with E-state index in [-0.39, 0.29) is 0 Å². The minimum atomic E-state index is 0.607. The van der Waals surface area contributed by atoms with Crippen molar-refractivity contribution in [1.29, 1.82) is 5.26 Å². The Morgan fingerprint density at radius 3 is 1.34 bits per heavy atom. The highest BCUT2D eigenvalue weighted by atomic mass is 15.0. The quantitative estimate of drug-likeness (QED) is 0.186. The molecule has 0 saturated heterocycles. The van der Waals surface area contributed by atoms with Crippen molar-refractivity contribution in [2.45, 2.75) is 0 Å². The lowest BCUT2D eigenvalue weighted by Crippen LogP contribution is -1.99. The van der Waals surface area contributed by atoms with E-state index < -0.39 is 0 Å². The van der Waals surface area contributed by atoms with Gasteiger partial charge >= 0.3 is 0 Å². The second kappa shape index (κ2) is 11.3. The average molecular weight is 676 g/mol. The maximum atomic E-state index is 9.94. The number of hydrogen-bond acceptors (Lipinski definition) is 2. The fourth-order valence-electron chi connectivity index (χ4n) is 8.49. The summed E-state index contributed by atoms with van der Waals surface area (Å²) in [6.07, 6.45) is 3.65. The van der Waals surface area contributed by atoms with Gasteiger partial charge in [-0.1, -0.05) is 78.9 Å². The smallest absolute Gasteiger partial charge is 0.0991 e. The Bertz CT molecular complexity index is 3020. The van der Waals surface area contributed by atoms with E-state index in [1.807, 2.05) is 24.4 Å². The van der Waals surface area contributed by atoms with Gasteiger partial charge in [0.05, 0.1) is 50.4 Å². The molecule has 4 aromatic heterocycles. The zero-order valence-electron chi connectivity index (χ0n) is 28.5. The Labute approximate surface area is 304 Å². The molecule has 0 saturated carbocycles. The van der Waals surface area contributed by atoms with Crippen molar-refractivity contribution in [3.8, 4) is 34.3 Å². The maximum Gasteiger partial charge on any atom is 0.0991 e. The summed E-state index contributed by atoms with van der Waals surface area (Å²) >= 11 is 0. The van der Waals surface area contributed by atoms with Gasteiger partial charge in [0.1, 0.15) is 0 Å². The second-order valence-corrected chi connectivity index (χ2v) is 13.6. The minimum Gasteiger partial charge on any atom is -0.309 e. The molecule has 0 atom stereocenters. The second-order valence-electron chi connectivity index (χ2n) is 13.6. The number of nitriles is 1. The van der Waals surface area contributed by atoms with Crippen molar-refractivity contribution < 1.29 is 0 Å². The fraction of sp³-hybridized carbons (Fsp3) is 0. The first-order valence-corrected chi connectivity index (χ1v) is 17.8. The number of rotatable bonds is 4. The standard InChI is InChI=1S/C48H29N5/c49-29-31-19-22-46(39(26-31)32-10-9-25-50-30-32)53-47-23-20-33(51-42-15-5-1-11-35(42)36-12-2-6-16-43(36)51)27-40(47)41-28-34(21-24-48(41)53)52-44-17-7-3-13-37(44)38-14-4-8-18-45(38)52/h1-28,30H. The zero-order valence-corrected chi connectivity index (χ0v) is 28.5. The van der Waals surface area contributed by atoms with E-state index in [2.05, 4.69) is 170 Å². The minimum absolute atomic E-state index is 0.607. The Morgan fingerprint density at radius 2 is 0.887 bits per heavy atom. The summed E-state index contributed by atoms with van der Waals surface area (Å²) in [4.78, 5) is 4.45. The van der Waals surface area contributed by atoms with Crippen LogP contribution < -0.4 is 0 Å². The summed E-state index contributed by atoms with van der Waals surface area (Å²) in [5.74, 6) is 0. The number of fused-ring (bicyclic) bond motifs is 9. The molecule has 4 heterocycles. The first kappa shape index (κ1) is 29.3. The Balaban J connectivity index is 1.25. The van der Waals surface area contributed by atoms with Crippen molar-refractivity contribution in [3.05, 3.63) is 182 Å². The average Bonchev–Trinajstić information content (AvgIpc) is 3.86. The zero-order chi connectivity index (χ0) is 35.0. The number of hydrogen-bond donors (Lipinski definition) is 0.